The summed E-state index contributed by atoms with van der Waals surface area (Å²) in [5, 5.41) is 3.93. The Kier molecular flexibility index (Phi) is 5.64. The number of hydrogen-bond acceptors (Lipinski definition) is 7. The molecule has 1 aromatic carbocycles. The highest BCUT2D eigenvalue weighted by atomic mass is 19.1. The van der Waals surface area contributed by atoms with E-state index in [2.05, 4.69) is 15.3 Å². The van der Waals surface area contributed by atoms with Crippen molar-refractivity contribution in [3.8, 4) is 5.88 Å². The van der Waals surface area contributed by atoms with Crippen LogP contribution in [-0.4, -0.2) is 40.0 Å². The van der Waals surface area contributed by atoms with Crippen LogP contribution in [0.1, 0.15) is 31.4 Å². The van der Waals surface area contributed by atoms with E-state index >= 15 is 0 Å². The highest BCUT2D eigenvalue weighted by Crippen LogP contribution is 2.38. The van der Waals surface area contributed by atoms with Crippen LogP contribution in [-0.2, 0) is 16.1 Å². The van der Waals surface area contributed by atoms with Gasteiger partial charge >= 0.3 is 5.63 Å². The van der Waals surface area contributed by atoms with E-state index in [1.807, 2.05) is 0 Å². The van der Waals surface area contributed by atoms with Crippen LogP contribution in [0.15, 0.2) is 45.7 Å². The number of aromatic amines is 1. The molecule has 0 saturated heterocycles. The number of nitrogens with two attached hydrogens (primary N) is 1. The van der Waals surface area contributed by atoms with Crippen LogP contribution in [0.2, 0.25) is 0 Å². The lowest BCUT2D eigenvalue weighted by Crippen LogP contribution is -2.59. The fraction of sp³-hybridized carbons (Fsp3) is 0.308. The highest BCUT2D eigenvalue weighted by Gasteiger charge is 2.44. The fourth-order valence-corrected chi connectivity index (χ4v) is 5.48. The number of halogens is 2. The molecule has 0 spiro atoms. The van der Waals surface area contributed by atoms with Gasteiger partial charge in [-0.25, -0.2) is 18.6 Å². The first-order chi connectivity index (χ1) is 18.2. The van der Waals surface area contributed by atoms with Gasteiger partial charge in [0.15, 0.2) is 6.61 Å². The van der Waals surface area contributed by atoms with Crippen molar-refractivity contribution in [1.29, 1.82) is 0 Å². The zero-order valence-corrected chi connectivity index (χ0v) is 20.1. The second-order valence-electron chi connectivity index (χ2n) is 9.67. The Bertz CT molecular complexity index is 1660. The monoisotopic (exact) mass is 523 g/mol. The van der Waals surface area contributed by atoms with Gasteiger partial charge in [0.1, 0.15) is 22.9 Å². The standard InChI is InChI=1S/C26H23F2N5O5/c27-13-1-2-20-17(7-13)22-18(24(35)38-20)9-15(32-22)11-31-26(25(29)36)5-3-16(4-6-26)33-19-8-14(28)10-30-23(19)37-12-21(33)34/h1-2,7-10,16,31-32H,3-6,11-12H2,(H2,29,36). The summed E-state index contributed by atoms with van der Waals surface area (Å²) in [5.41, 5.74) is 5.75. The number of rotatable bonds is 5. The zero-order chi connectivity index (χ0) is 26.6. The summed E-state index contributed by atoms with van der Waals surface area (Å²) in [6, 6.07) is 6.42. The van der Waals surface area contributed by atoms with Crippen molar-refractivity contribution >= 4 is 39.4 Å². The smallest absolute Gasteiger partial charge is 0.345 e. The Morgan fingerprint density at radius 3 is 2.71 bits per heavy atom. The maximum Gasteiger partial charge on any atom is 0.345 e. The molecule has 0 bridgehead atoms. The largest absolute Gasteiger partial charge is 0.466 e. The van der Waals surface area contributed by atoms with Crippen molar-refractivity contribution in [3.05, 3.63) is 64.3 Å². The van der Waals surface area contributed by atoms with Crippen LogP contribution in [0, 0.1) is 11.6 Å². The molecule has 2 amide bonds. The van der Waals surface area contributed by atoms with E-state index < -0.39 is 28.7 Å². The van der Waals surface area contributed by atoms with Crippen molar-refractivity contribution in [2.24, 2.45) is 5.73 Å². The second-order valence-corrected chi connectivity index (χ2v) is 9.67. The number of aromatic nitrogens is 2. The molecule has 1 fully saturated rings. The van der Waals surface area contributed by atoms with Crippen LogP contribution in [0.25, 0.3) is 21.9 Å². The number of primary amides is 1. The number of pyridine rings is 1. The number of nitrogens with one attached hydrogen (secondary N) is 2. The first-order valence-corrected chi connectivity index (χ1v) is 12.1. The topological polar surface area (TPSA) is 144 Å². The first-order valence-electron chi connectivity index (χ1n) is 12.1. The molecule has 1 aliphatic heterocycles. The number of nitrogens with zero attached hydrogens (tertiary/aromatic N) is 2. The zero-order valence-electron chi connectivity index (χ0n) is 20.1. The molecule has 12 heteroatoms. The van der Waals surface area contributed by atoms with E-state index in [9.17, 15) is 23.2 Å². The van der Waals surface area contributed by atoms with Crippen LogP contribution in [0.3, 0.4) is 0 Å². The molecule has 0 atom stereocenters. The number of hydrogen-bond donors (Lipinski definition) is 3. The summed E-state index contributed by atoms with van der Waals surface area (Å²) in [6.07, 6.45) is 2.54. The molecular weight excluding hydrogens is 500 g/mol. The minimum atomic E-state index is -1.06. The number of fused-ring (bicyclic) bond motifs is 4. The molecule has 4 aromatic rings. The van der Waals surface area contributed by atoms with Crippen molar-refractivity contribution in [2.75, 3.05) is 11.5 Å². The van der Waals surface area contributed by atoms with Crippen molar-refractivity contribution in [1.82, 2.24) is 15.3 Å². The van der Waals surface area contributed by atoms with Gasteiger partial charge in [0, 0.05) is 29.7 Å². The van der Waals surface area contributed by atoms with Gasteiger partial charge in [-0.15, -0.1) is 0 Å². The van der Waals surface area contributed by atoms with Gasteiger partial charge in [0.05, 0.1) is 22.6 Å². The molecule has 6 rings (SSSR count). The molecule has 10 nitrogen and oxygen atoms in total. The SMILES string of the molecule is NC(=O)C1(NCc2cc3c(=O)oc4ccc(F)cc4c3[nH]2)CCC(N2C(=O)COc3ncc(F)cc32)CC1. The molecule has 2 aliphatic rings. The molecular formula is C26H23F2N5O5. The normalized spacial score (nSPS) is 21.5. The Labute approximate surface area is 213 Å². The number of carbonyl (C=O) groups excluding carboxylic acids is 2. The van der Waals surface area contributed by atoms with Gasteiger partial charge in [0.25, 0.3) is 5.91 Å². The predicted octanol–water partition coefficient (Wildman–Crippen LogP) is 2.63. The van der Waals surface area contributed by atoms with E-state index in [0.29, 0.717) is 42.3 Å². The van der Waals surface area contributed by atoms with Crippen molar-refractivity contribution < 1.29 is 27.5 Å². The minimum absolute atomic E-state index is 0.174. The molecule has 1 aliphatic carbocycles. The van der Waals surface area contributed by atoms with Gasteiger partial charge in [-0.3, -0.25) is 14.9 Å². The van der Waals surface area contributed by atoms with Crippen LogP contribution in [0.5, 0.6) is 5.88 Å². The summed E-state index contributed by atoms with van der Waals surface area (Å²) in [7, 11) is 0. The van der Waals surface area contributed by atoms with Gasteiger partial charge in [-0.2, -0.15) is 0 Å². The van der Waals surface area contributed by atoms with E-state index in [0.717, 1.165) is 6.20 Å². The minimum Gasteiger partial charge on any atom is -0.466 e. The molecule has 4 N–H and O–H groups in total. The summed E-state index contributed by atoms with van der Waals surface area (Å²) in [6.45, 7) is -0.0265. The molecule has 0 unspecified atom stereocenters. The van der Waals surface area contributed by atoms with Crippen molar-refractivity contribution in [3.63, 3.8) is 0 Å². The summed E-state index contributed by atoms with van der Waals surface area (Å²) in [5.74, 6) is -1.72. The van der Waals surface area contributed by atoms with Gasteiger partial charge in [-0.05, 0) is 49.9 Å². The van der Waals surface area contributed by atoms with Gasteiger partial charge in [-0.1, -0.05) is 0 Å². The third-order valence-corrected chi connectivity index (χ3v) is 7.43. The summed E-state index contributed by atoms with van der Waals surface area (Å²) in [4.78, 5) is 46.3. The third-order valence-electron chi connectivity index (χ3n) is 7.43. The van der Waals surface area contributed by atoms with Crippen molar-refractivity contribution in [2.45, 2.75) is 43.8 Å². The Morgan fingerprint density at radius 2 is 1.95 bits per heavy atom. The Hall–Kier alpha value is -4.32. The van der Waals surface area contributed by atoms with Crippen LogP contribution < -0.4 is 26.3 Å². The second kappa shape index (κ2) is 8.91. The lowest BCUT2D eigenvalue weighted by Gasteiger charge is -2.43. The molecule has 3 aromatic heterocycles. The maximum absolute atomic E-state index is 13.9. The van der Waals surface area contributed by atoms with E-state index in [-0.39, 0.29) is 47.6 Å². The highest BCUT2D eigenvalue weighted by molar-refractivity contribution is 6.02. The molecule has 196 valence electrons. The van der Waals surface area contributed by atoms with Gasteiger partial charge in [0.2, 0.25) is 11.8 Å². The lowest BCUT2D eigenvalue weighted by atomic mass is 9.78. The maximum atomic E-state index is 13.9. The quantitative estimate of drug-likeness (QED) is 0.341. The number of H-pyrrole nitrogens is 1. The number of anilines is 1. The van der Waals surface area contributed by atoms with E-state index in [1.165, 1.54) is 29.2 Å². The van der Waals surface area contributed by atoms with Crippen LogP contribution in [0.4, 0.5) is 14.5 Å². The molecule has 0 radical (unpaired) electrons. The van der Waals surface area contributed by atoms with E-state index in [1.54, 1.807) is 6.07 Å². The Morgan fingerprint density at radius 1 is 1.16 bits per heavy atom. The first kappa shape index (κ1) is 24.0. The third kappa shape index (κ3) is 3.97. The number of ether oxygens (including phenoxy) is 1. The Balaban J connectivity index is 1.23. The summed E-state index contributed by atoms with van der Waals surface area (Å²) >= 11 is 0. The van der Waals surface area contributed by atoms with E-state index in [4.69, 9.17) is 14.9 Å². The number of benzene rings is 1. The molecule has 1 saturated carbocycles. The average molecular weight is 523 g/mol. The lowest BCUT2D eigenvalue weighted by molar-refractivity contribution is -0.126. The van der Waals surface area contributed by atoms with Crippen LogP contribution >= 0.6 is 0 Å². The average Bonchev–Trinajstić information content (AvgIpc) is 3.34. The fourth-order valence-electron chi connectivity index (χ4n) is 5.48. The molecule has 38 heavy (non-hydrogen) atoms. The number of carbonyl (C=O) groups is 2. The molecule has 4 heterocycles. The predicted molar refractivity (Wildman–Crippen MR) is 132 cm³/mol. The summed E-state index contributed by atoms with van der Waals surface area (Å²) < 4.78 is 38.4. The number of amides is 2. The van der Waals surface area contributed by atoms with Gasteiger partial charge < -0.3 is 24.8 Å².